The number of carbonyl (C=O) groups excluding carboxylic acids is 3. The molecule has 0 spiro atoms. The molecule has 1 unspecified atom stereocenters. The van der Waals surface area contributed by atoms with Gasteiger partial charge in [-0.2, -0.15) is 0 Å². The number of anilines is 1. The molecule has 7 nitrogen and oxygen atoms in total. The van der Waals surface area contributed by atoms with Gasteiger partial charge in [0.05, 0.1) is 0 Å². The minimum absolute atomic E-state index is 0.229. The Bertz CT molecular complexity index is 687. The fourth-order valence-electron chi connectivity index (χ4n) is 2.58. The van der Waals surface area contributed by atoms with E-state index in [0.29, 0.717) is 19.3 Å². The molecule has 2 N–H and O–H groups in total. The molecular weight excluding hydrogens is 341 g/mol. The van der Waals surface area contributed by atoms with Gasteiger partial charge < -0.3 is 15.4 Å². The fourth-order valence-corrected chi connectivity index (χ4v) is 2.58. The number of nitrogens with one attached hydrogen (secondary N) is 2. The van der Waals surface area contributed by atoms with Crippen LogP contribution in [0.2, 0.25) is 0 Å². The molecule has 142 valence electrons. The number of nitrogens with zero attached hydrogens (tertiary/aromatic N) is 1. The highest BCUT2D eigenvalue weighted by atomic mass is 19.1. The Labute approximate surface area is 151 Å². The molecule has 4 amide bonds. The van der Waals surface area contributed by atoms with Gasteiger partial charge in [-0.15, -0.1) is 0 Å². The lowest BCUT2D eigenvalue weighted by Gasteiger charge is -2.25. The van der Waals surface area contributed by atoms with E-state index < -0.39 is 35.5 Å². The Morgan fingerprint density at radius 1 is 1.27 bits per heavy atom. The predicted octanol–water partition coefficient (Wildman–Crippen LogP) is 3.26. The van der Waals surface area contributed by atoms with Crippen molar-refractivity contribution >= 4 is 23.7 Å². The maximum absolute atomic E-state index is 13.2. The quantitative estimate of drug-likeness (QED) is 0.842. The standard InChI is InChI=1S/C18H24FN3O4/c1-18(2,3)26-17(25)21-14-9-4-5-10-22(15(14)23)16(24)20-13-8-6-7-12(19)11-13/h6-8,11,14H,4-5,9-10H2,1-3H3,(H,20,24)(H,21,25). The maximum Gasteiger partial charge on any atom is 0.408 e. The second-order valence-electron chi connectivity index (χ2n) is 7.12. The normalized spacial score (nSPS) is 18.1. The molecule has 1 aromatic rings. The Balaban J connectivity index is 2.04. The summed E-state index contributed by atoms with van der Waals surface area (Å²) < 4.78 is 18.4. The molecule has 8 heteroatoms. The minimum atomic E-state index is -0.842. The first-order valence-corrected chi connectivity index (χ1v) is 8.53. The molecular formula is C18H24FN3O4. The van der Waals surface area contributed by atoms with Crippen molar-refractivity contribution in [2.75, 3.05) is 11.9 Å². The lowest BCUT2D eigenvalue weighted by molar-refractivity contribution is -0.129. The number of imide groups is 1. The molecule has 0 bridgehead atoms. The number of benzene rings is 1. The number of rotatable bonds is 2. The van der Waals surface area contributed by atoms with Gasteiger partial charge in [-0.25, -0.2) is 14.0 Å². The van der Waals surface area contributed by atoms with Crippen LogP contribution in [0.25, 0.3) is 0 Å². The van der Waals surface area contributed by atoms with Crippen LogP contribution in [-0.4, -0.2) is 41.1 Å². The van der Waals surface area contributed by atoms with Crippen LogP contribution in [0.1, 0.15) is 40.0 Å². The molecule has 1 aliphatic heterocycles. The minimum Gasteiger partial charge on any atom is -0.444 e. The number of likely N-dealkylation sites (tertiary alicyclic amines) is 1. The van der Waals surface area contributed by atoms with E-state index in [4.69, 9.17) is 4.74 Å². The summed E-state index contributed by atoms with van der Waals surface area (Å²) in [6.45, 7) is 5.40. The third-order valence-corrected chi connectivity index (χ3v) is 3.70. The highest BCUT2D eigenvalue weighted by molar-refractivity contribution is 6.03. The molecule has 0 aromatic heterocycles. The van der Waals surface area contributed by atoms with Crippen LogP contribution in [0, 0.1) is 5.82 Å². The van der Waals surface area contributed by atoms with E-state index in [2.05, 4.69) is 10.6 Å². The third-order valence-electron chi connectivity index (χ3n) is 3.70. The summed E-state index contributed by atoms with van der Waals surface area (Å²) in [4.78, 5) is 38.1. The van der Waals surface area contributed by atoms with Gasteiger partial charge >= 0.3 is 12.1 Å². The first-order valence-electron chi connectivity index (χ1n) is 8.53. The maximum atomic E-state index is 13.2. The molecule has 1 aromatic carbocycles. The van der Waals surface area contributed by atoms with Gasteiger partial charge in [0.15, 0.2) is 0 Å². The zero-order valence-corrected chi connectivity index (χ0v) is 15.2. The smallest absolute Gasteiger partial charge is 0.408 e. The largest absolute Gasteiger partial charge is 0.444 e. The summed E-state index contributed by atoms with van der Waals surface area (Å²) in [5.74, 6) is -1.00. The molecule has 2 rings (SSSR count). The van der Waals surface area contributed by atoms with E-state index in [1.165, 1.54) is 18.2 Å². The Kier molecular flexibility index (Phi) is 6.18. The number of ether oxygens (including phenoxy) is 1. The van der Waals surface area contributed by atoms with Crippen molar-refractivity contribution in [3.05, 3.63) is 30.1 Å². The number of amides is 4. The van der Waals surface area contributed by atoms with Crippen LogP contribution in [0.3, 0.4) is 0 Å². The van der Waals surface area contributed by atoms with Gasteiger partial charge in [0, 0.05) is 12.2 Å². The molecule has 1 heterocycles. The van der Waals surface area contributed by atoms with Crippen molar-refractivity contribution in [1.82, 2.24) is 10.2 Å². The van der Waals surface area contributed by atoms with Crippen LogP contribution in [0.4, 0.5) is 19.7 Å². The van der Waals surface area contributed by atoms with Gasteiger partial charge in [0.1, 0.15) is 17.5 Å². The molecule has 26 heavy (non-hydrogen) atoms. The van der Waals surface area contributed by atoms with Crippen LogP contribution in [-0.2, 0) is 9.53 Å². The first-order chi connectivity index (χ1) is 12.2. The second kappa shape index (κ2) is 8.16. The van der Waals surface area contributed by atoms with Crippen molar-refractivity contribution in [2.45, 2.75) is 51.7 Å². The summed E-state index contributed by atoms with van der Waals surface area (Å²) in [5.41, 5.74) is -0.435. The van der Waals surface area contributed by atoms with Gasteiger partial charge in [0.25, 0.3) is 5.91 Å². The Morgan fingerprint density at radius 3 is 2.65 bits per heavy atom. The van der Waals surface area contributed by atoms with Gasteiger partial charge in [-0.05, 0) is 58.2 Å². The van der Waals surface area contributed by atoms with E-state index in [1.54, 1.807) is 20.8 Å². The number of halogens is 1. The van der Waals surface area contributed by atoms with E-state index >= 15 is 0 Å². The second-order valence-corrected chi connectivity index (χ2v) is 7.12. The van der Waals surface area contributed by atoms with Crippen molar-refractivity contribution in [3.8, 4) is 0 Å². The average Bonchev–Trinajstić information content (AvgIpc) is 2.68. The highest BCUT2D eigenvalue weighted by Crippen LogP contribution is 2.16. The molecule has 1 atom stereocenters. The molecule has 1 saturated heterocycles. The third kappa shape index (κ3) is 5.72. The molecule has 0 saturated carbocycles. The number of carbonyl (C=O) groups is 3. The molecule has 1 fully saturated rings. The Morgan fingerprint density at radius 2 is 2.00 bits per heavy atom. The van der Waals surface area contributed by atoms with Crippen molar-refractivity contribution in [2.24, 2.45) is 0 Å². The SMILES string of the molecule is CC(C)(C)OC(=O)NC1CCCCN(C(=O)Nc2cccc(F)c2)C1=O. The monoisotopic (exact) mass is 365 g/mol. The Hall–Kier alpha value is -2.64. The average molecular weight is 365 g/mol. The number of urea groups is 1. The number of hydrogen-bond donors (Lipinski definition) is 2. The molecule has 0 aliphatic carbocycles. The zero-order chi connectivity index (χ0) is 19.3. The number of alkyl carbamates (subject to hydrolysis) is 1. The predicted molar refractivity (Wildman–Crippen MR) is 94.1 cm³/mol. The highest BCUT2D eigenvalue weighted by Gasteiger charge is 2.33. The van der Waals surface area contributed by atoms with Gasteiger partial charge in [-0.1, -0.05) is 6.07 Å². The van der Waals surface area contributed by atoms with E-state index in [0.717, 1.165) is 11.0 Å². The van der Waals surface area contributed by atoms with Crippen LogP contribution >= 0.6 is 0 Å². The summed E-state index contributed by atoms with van der Waals surface area (Å²) in [6.07, 6.45) is 1.01. The summed E-state index contributed by atoms with van der Waals surface area (Å²) in [5, 5.41) is 5.04. The van der Waals surface area contributed by atoms with Crippen LogP contribution in [0.15, 0.2) is 24.3 Å². The van der Waals surface area contributed by atoms with Crippen molar-refractivity contribution < 1.29 is 23.5 Å². The van der Waals surface area contributed by atoms with E-state index in [1.807, 2.05) is 0 Å². The van der Waals surface area contributed by atoms with E-state index in [9.17, 15) is 18.8 Å². The summed E-state index contributed by atoms with van der Waals surface area (Å²) in [6, 6.07) is 3.91. The van der Waals surface area contributed by atoms with Crippen molar-refractivity contribution in [3.63, 3.8) is 0 Å². The lowest BCUT2D eigenvalue weighted by atomic mass is 10.1. The van der Waals surface area contributed by atoms with Crippen LogP contribution in [0.5, 0.6) is 0 Å². The van der Waals surface area contributed by atoms with Gasteiger partial charge in [0.2, 0.25) is 0 Å². The van der Waals surface area contributed by atoms with E-state index in [-0.39, 0.29) is 12.2 Å². The first kappa shape index (κ1) is 19.7. The fraction of sp³-hybridized carbons (Fsp3) is 0.500. The summed E-state index contributed by atoms with van der Waals surface area (Å²) in [7, 11) is 0. The molecule has 0 radical (unpaired) electrons. The zero-order valence-electron chi connectivity index (χ0n) is 15.2. The topological polar surface area (TPSA) is 87.7 Å². The van der Waals surface area contributed by atoms with Crippen LogP contribution < -0.4 is 10.6 Å². The summed E-state index contributed by atoms with van der Waals surface area (Å²) >= 11 is 0. The van der Waals surface area contributed by atoms with Gasteiger partial charge in [-0.3, -0.25) is 9.69 Å². The number of hydrogen-bond acceptors (Lipinski definition) is 4. The lowest BCUT2D eigenvalue weighted by Crippen LogP contribution is -2.51. The van der Waals surface area contributed by atoms with Crippen molar-refractivity contribution in [1.29, 1.82) is 0 Å². The molecule has 1 aliphatic rings.